The number of carbonyl (C=O) groups excluding carboxylic acids is 1. The molecule has 3 nitrogen and oxygen atoms in total. The number of benzene rings is 3. The van der Waals surface area contributed by atoms with E-state index in [1.807, 2.05) is 67.6 Å². The van der Waals surface area contributed by atoms with Crippen LogP contribution in [0.25, 0.3) is 10.8 Å². The van der Waals surface area contributed by atoms with Gasteiger partial charge in [0.25, 0.3) is 5.91 Å². The van der Waals surface area contributed by atoms with Crippen LogP contribution < -0.4 is 10.1 Å². The minimum atomic E-state index is -0.527. The van der Waals surface area contributed by atoms with Gasteiger partial charge in [0.05, 0.1) is 0 Å². The van der Waals surface area contributed by atoms with Gasteiger partial charge in [-0.2, -0.15) is 0 Å². The molecule has 134 valence electrons. The summed E-state index contributed by atoms with van der Waals surface area (Å²) in [6.07, 6.45) is 0.0730. The number of hydrogen-bond donors (Lipinski definition) is 1. The van der Waals surface area contributed by atoms with Gasteiger partial charge in [-0.1, -0.05) is 63.2 Å². The predicted octanol–water partition coefficient (Wildman–Crippen LogP) is 5.76. The smallest absolute Gasteiger partial charge is 0.265 e. The second-order valence-corrected chi connectivity index (χ2v) is 6.79. The summed E-state index contributed by atoms with van der Waals surface area (Å²) >= 11 is 0. The van der Waals surface area contributed by atoms with Crippen molar-refractivity contribution in [1.29, 1.82) is 0 Å². The van der Waals surface area contributed by atoms with Crippen LogP contribution in [0.5, 0.6) is 5.75 Å². The Morgan fingerprint density at radius 2 is 1.65 bits per heavy atom. The van der Waals surface area contributed by atoms with E-state index in [1.165, 1.54) is 5.56 Å². The van der Waals surface area contributed by atoms with Gasteiger partial charge in [-0.05, 0) is 52.9 Å². The molecular weight excluding hydrogens is 322 g/mol. The molecule has 26 heavy (non-hydrogen) atoms. The van der Waals surface area contributed by atoms with Crippen LogP contribution in [-0.4, -0.2) is 12.0 Å². The second kappa shape index (κ2) is 8.05. The molecule has 0 spiro atoms. The third-order valence-electron chi connectivity index (χ3n) is 4.51. The molecule has 1 amide bonds. The van der Waals surface area contributed by atoms with E-state index in [4.69, 9.17) is 4.74 Å². The van der Waals surface area contributed by atoms with Crippen LogP contribution in [0.4, 0.5) is 5.69 Å². The Kier molecular flexibility index (Phi) is 5.57. The molecule has 0 aliphatic rings. The summed E-state index contributed by atoms with van der Waals surface area (Å²) in [7, 11) is 0. The molecule has 1 N–H and O–H groups in total. The van der Waals surface area contributed by atoms with Crippen molar-refractivity contribution in [2.24, 2.45) is 0 Å². The fourth-order valence-electron chi connectivity index (χ4n) is 2.90. The molecule has 0 heterocycles. The van der Waals surface area contributed by atoms with Gasteiger partial charge in [-0.15, -0.1) is 0 Å². The molecule has 0 saturated carbocycles. The van der Waals surface area contributed by atoms with Crippen LogP contribution >= 0.6 is 0 Å². The molecule has 0 aliphatic carbocycles. The summed E-state index contributed by atoms with van der Waals surface area (Å²) in [5.41, 5.74) is 2.04. The van der Waals surface area contributed by atoms with Crippen LogP contribution in [0.2, 0.25) is 0 Å². The maximum absolute atomic E-state index is 12.6. The third-order valence-corrected chi connectivity index (χ3v) is 4.51. The molecule has 3 rings (SSSR count). The normalized spacial score (nSPS) is 12.2. The van der Waals surface area contributed by atoms with E-state index in [1.54, 1.807) is 0 Å². The minimum Gasteiger partial charge on any atom is -0.481 e. The topological polar surface area (TPSA) is 38.3 Å². The molecule has 3 aromatic carbocycles. The average Bonchev–Trinajstić information content (AvgIpc) is 2.66. The van der Waals surface area contributed by atoms with Crippen LogP contribution in [0.3, 0.4) is 0 Å². The van der Waals surface area contributed by atoms with Crippen molar-refractivity contribution < 1.29 is 9.53 Å². The van der Waals surface area contributed by atoms with Crippen LogP contribution in [0.15, 0.2) is 66.7 Å². The van der Waals surface area contributed by atoms with Crippen molar-refractivity contribution >= 4 is 22.4 Å². The van der Waals surface area contributed by atoms with E-state index in [9.17, 15) is 4.79 Å². The van der Waals surface area contributed by atoms with Gasteiger partial charge < -0.3 is 10.1 Å². The minimum absolute atomic E-state index is 0.127. The first-order valence-corrected chi connectivity index (χ1v) is 9.13. The van der Waals surface area contributed by atoms with Crippen LogP contribution in [-0.2, 0) is 4.79 Å². The van der Waals surface area contributed by atoms with E-state index < -0.39 is 6.10 Å². The van der Waals surface area contributed by atoms with E-state index >= 15 is 0 Å². The Morgan fingerprint density at radius 3 is 2.31 bits per heavy atom. The fraction of sp³-hybridized carbons (Fsp3) is 0.261. The zero-order valence-corrected chi connectivity index (χ0v) is 15.5. The first-order chi connectivity index (χ1) is 12.6. The van der Waals surface area contributed by atoms with E-state index in [0.29, 0.717) is 18.1 Å². The summed E-state index contributed by atoms with van der Waals surface area (Å²) < 4.78 is 5.96. The first kappa shape index (κ1) is 18.0. The SMILES string of the molecule is CCC(Oc1ccc2ccccc2c1)C(=O)Nc1ccc(C(C)C)cc1. The summed E-state index contributed by atoms with van der Waals surface area (Å²) in [5, 5.41) is 5.21. The number of nitrogens with one attached hydrogen (secondary N) is 1. The maximum atomic E-state index is 12.6. The molecule has 0 radical (unpaired) electrons. The molecular formula is C23H25NO2. The zero-order valence-electron chi connectivity index (χ0n) is 15.5. The van der Waals surface area contributed by atoms with Crippen molar-refractivity contribution in [3.05, 3.63) is 72.3 Å². The zero-order chi connectivity index (χ0) is 18.5. The van der Waals surface area contributed by atoms with E-state index in [2.05, 4.69) is 25.2 Å². The Morgan fingerprint density at radius 1 is 0.962 bits per heavy atom. The molecule has 0 aromatic heterocycles. The Labute approximate surface area is 155 Å². The molecule has 0 bridgehead atoms. The van der Waals surface area contributed by atoms with Gasteiger partial charge in [-0.3, -0.25) is 4.79 Å². The monoisotopic (exact) mass is 347 g/mol. The van der Waals surface area contributed by atoms with Crippen LogP contribution in [0.1, 0.15) is 38.7 Å². The molecule has 0 fully saturated rings. The molecule has 3 aromatic rings. The fourth-order valence-corrected chi connectivity index (χ4v) is 2.90. The molecule has 0 saturated heterocycles. The Bertz CT molecular complexity index is 884. The van der Waals surface area contributed by atoms with Gasteiger partial charge in [0.1, 0.15) is 5.75 Å². The predicted molar refractivity (Wildman–Crippen MR) is 108 cm³/mol. The van der Waals surface area contributed by atoms with E-state index in [0.717, 1.165) is 16.5 Å². The number of fused-ring (bicyclic) bond motifs is 1. The third kappa shape index (κ3) is 4.23. The average molecular weight is 347 g/mol. The van der Waals surface area contributed by atoms with Gasteiger partial charge in [0, 0.05) is 5.69 Å². The number of hydrogen-bond acceptors (Lipinski definition) is 2. The summed E-state index contributed by atoms with van der Waals surface area (Å²) in [6.45, 7) is 6.25. The first-order valence-electron chi connectivity index (χ1n) is 9.13. The number of carbonyl (C=O) groups is 1. The summed E-state index contributed by atoms with van der Waals surface area (Å²) in [4.78, 5) is 12.6. The number of rotatable bonds is 6. The highest BCUT2D eigenvalue weighted by molar-refractivity contribution is 5.94. The quantitative estimate of drug-likeness (QED) is 0.616. The second-order valence-electron chi connectivity index (χ2n) is 6.79. The van der Waals surface area contributed by atoms with Crippen molar-refractivity contribution in [3.63, 3.8) is 0 Å². The van der Waals surface area contributed by atoms with Crippen molar-refractivity contribution in [2.75, 3.05) is 5.32 Å². The van der Waals surface area contributed by atoms with Crippen LogP contribution in [0, 0.1) is 0 Å². The van der Waals surface area contributed by atoms with Gasteiger partial charge in [0.2, 0.25) is 0 Å². The lowest BCUT2D eigenvalue weighted by Crippen LogP contribution is -2.32. The molecule has 0 aliphatic heterocycles. The summed E-state index contributed by atoms with van der Waals surface area (Å²) in [5.74, 6) is 1.05. The lowest BCUT2D eigenvalue weighted by Gasteiger charge is -2.18. The number of anilines is 1. The van der Waals surface area contributed by atoms with Crippen molar-refractivity contribution in [1.82, 2.24) is 0 Å². The van der Waals surface area contributed by atoms with Gasteiger partial charge in [-0.25, -0.2) is 0 Å². The highest BCUT2D eigenvalue weighted by Crippen LogP contribution is 2.23. The number of amides is 1. The van der Waals surface area contributed by atoms with Crippen molar-refractivity contribution in [2.45, 2.75) is 39.2 Å². The molecule has 1 atom stereocenters. The Hall–Kier alpha value is -2.81. The highest BCUT2D eigenvalue weighted by Gasteiger charge is 2.18. The van der Waals surface area contributed by atoms with Gasteiger partial charge >= 0.3 is 0 Å². The lowest BCUT2D eigenvalue weighted by atomic mass is 10.0. The number of ether oxygens (including phenoxy) is 1. The highest BCUT2D eigenvalue weighted by atomic mass is 16.5. The van der Waals surface area contributed by atoms with Crippen molar-refractivity contribution in [3.8, 4) is 5.75 Å². The molecule has 1 unspecified atom stereocenters. The maximum Gasteiger partial charge on any atom is 0.265 e. The standard InChI is InChI=1S/C23H25NO2/c1-4-22(23(25)24-20-12-9-17(10-13-20)16(2)3)26-21-14-11-18-7-5-6-8-19(18)15-21/h5-16,22H,4H2,1-3H3,(H,24,25). The molecule has 3 heteroatoms. The van der Waals surface area contributed by atoms with E-state index in [-0.39, 0.29) is 5.91 Å². The summed E-state index contributed by atoms with van der Waals surface area (Å²) in [6, 6.07) is 22.0. The largest absolute Gasteiger partial charge is 0.481 e. The lowest BCUT2D eigenvalue weighted by molar-refractivity contribution is -0.122. The van der Waals surface area contributed by atoms with Gasteiger partial charge in [0.15, 0.2) is 6.10 Å². The Balaban J connectivity index is 1.69.